The number of carbonyl (C=O) groups excluding carboxylic acids is 2. The number of carboxylic acids is 2. The van der Waals surface area contributed by atoms with Crippen LogP contribution in [0.3, 0.4) is 0 Å². The molecule has 0 unspecified atom stereocenters. The van der Waals surface area contributed by atoms with E-state index in [9.17, 15) is 19.2 Å². The Morgan fingerprint density at radius 1 is 0.838 bits per heavy atom. The number of carboxylic acid groups (broad SMARTS) is 2. The molecule has 2 aromatic rings. The number of carbonyl (C=O) groups is 4. The van der Waals surface area contributed by atoms with Crippen molar-refractivity contribution >= 4 is 35.6 Å². The largest absolute Gasteiger partial charge is 0.481 e. The van der Waals surface area contributed by atoms with E-state index in [1.165, 1.54) is 29.2 Å². The summed E-state index contributed by atoms with van der Waals surface area (Å²) >= 11 is 0. The normalized spacial score (nSPS) is 10.3. The van der Waals surface area contributed by atoms with Crippen LogP contribution in [-0.2, 0) is 25.7 Å². The van der Waals surface area contributed by atoms with Gasteiger partial charge in [-0.25, -0.2) is 14.6 Å². The number of amides is 1. The lowest BCUT2D eigenvalue weighted by Gasteiger charge is -2.21. The number of nitrogens with zero attached hydrogens (tertiary/aromatic N) is 2. The number of hydrogen-bond acceptors (Lipinski definition) is 8. The van der Waals surface area contributed by atoms with E-state index in [-0.39, 0.29) is 57.5 Å². The summed E-state index contributed by atoms with van der Waals surface area (Å²) in [5, 5.41) is 17.5. The highest BCUT2D eigenvalue weighted by molar-refractivity contribution is 5.91. The molecule has 13 nitrogen and oxygen atoms in total. The van der Waals surface area contributed by atoms with Crippen molar-refractivity contribution < 1.29 is 43.6 Å². The Balaban J connectivity index is 1.86. The van der Waals surface area contributed by atoms with Crippen LogP contribution in [0.5, 0.6) is 5.75 Å². The SMILES string of the molecule is NC(N)=Nc1ccc(C(=O)Oc2ccc(COC(=O)N(CCOCCC(=O)O)CCC(=O)O)cc2)cc1. The molecule has 6 N–H and O–H groups in total. The Labute approximate surface area is 212 Å². The van der Waals surface area contributed by atoms with Crippen molar-refractivity contribution in [2.24, 2.45) is 16.5 Å². The fourth-order valence-corrected chi connectivity index (χ4v) is 2.84. The predicted octanol–water partition coefficient (Wildman–Crippen LogP) is 1.72. The zero-order chi connectivity index (χ0) is 27.2. The van der Waals surface area contributed by atoms with Crippen LogP contribution in [0.4, 0.5) is 10.5 Å². The summed E-state index contributed by atoms with van der Waals surface area (Å²) in [6.45, 7) is -0.176. The van der Waals surface area contributed by atoms with E-state index in [0.717, 1.165) is 0 Å². The average Bonchev–Trinajstić information content (AvgIpc) is 2.84. The Morgan fingerprint density at radius 3 is 2.08 bits per heavy atom. The van der Waals surface area contributed by atoms with Gasteiger partial charge in [0, 0.05) is 13.1 Å². The maximum atomic E-state index is 12.4. The van der Waals surface area contributed by atoms with Crippen LogP contribution in [0, 0.1) is 0 Å². The molecule has 0 atom stereocenters. The molecule has 0 fully saturated rings. The molecular weight excluding hydrogens is 488 g/mol. The Bertz CT molecular complexity index is 1100. The summed E-state index contributed by atoms with van der Waals surface area (Å²) < 4.78 is 15.7. The lowest BCUT2D eigenvalue weighted by molar-refractivity contribution is -0.139. The standard InChI is InChI=1S/C24H28N4O9/c25-23(26)27-18-5-3-17(4-6-18)22(33)37-19-7-1-16(2-8-19)15-36-24(34)28(11-9-20(29)30)12-14-35-13-10-21(31)32/h1-8H,9-15H2,(H,29,30)(H,31,32)(H4,25,26,27). The van der Waals surface area contributed by atoms with Gasteiger partial charge in [0.25, 0.3) is 0 Å². The zero-order valence-corrected chi connectivity index (χ0v) is 19.9. The van der Waals surface area contributed by atoms with Crippen molar-refractivity contribution in [3.8, 4) is 5.75 Å². The van der Waals surface area contributed by atoms with Crippen molar-refractivity contribution in [2.75, 3.05) is 26.3 Å². The van der Waals surface area contributed by atoms with E-state index >= 15 is 0 Å². The van der Waals surface area contributed by atoms with E-state index in [1.54, 1.807) is 24.3 Å². The average molecular weight is 517 g/mol. The highest BCUT2D eigenvalue weighted by atomic mass is 16.6. The van der Waals surface area contributed by atoms with E-state index in [1.807, 2.05) is 0 Å². The van der Waals surface area contributed by atoms with Gasteiger partial charge < -0.3 is 40.8 Å². The van der Waals surface area contributed by atoms with Crippen LogP contribution in [0.2, 0.25) is 0 Å². The summed E-state index contributed by atoms with van der Waals surface area (Å²) in [5.74, 6) is -2.51. The van der Waals surface area contributed by atoms with E-state index < -0.39 is 24.0 Å². The number of aliphatic carboxylic acids is 2. The number of ether oxygens (including phenoxy) is 3. The Morgan fingerprint density at radius 2 is 1.49 bits per heavy atom. The number of hydrogen-bond donors (Lipinski definition) is 4. The van der Waals surface area contributed by atoms with E-state index in [4.69, 9.17) is 35.9 Å². The van der Waals surface area contributed by atoms with Gasteiger partial charge in [0.15, 0.2) is 5.96 Å². The summed E-state index contributed by atoms with van der Waals surface area (Å²) in [6.07, 6.45) is -1.22. The topological polar surface area (TPSA) is 204 Å². The molecule has 0 spiro atoms. The second kappa shape index (κ2) is 14.7. The predicted molar refractivity (Wildman–Crippen MR) is 130 cm³/mol. The molecule has 0 saturated carbocycles. The zero-order valence-electron chi connectivity index (χ0n) is 19.9. The maximum Gasteiger partial charge on any atom is 0.410 e. The molecule has 0 radical (unpaired) electrons. The van der Waals surface area contributed by atoms with Crippen molar-refractivity contribution in [1.29, 1.82) is 0 Å². The number of esters is 1. The maximum absolute atomic E-state index is 12.4. The monoisotopic (exact) mass is 516 g/mol. The van der Waals surface area contributed by atoms with E-state index in [0.29, 0.717) is 16.8 Å². The van der Waals surface area contributed by atoms with Gasteiger partial charge >= 0.3 is 24.0 Å². The second-order valence-electron chi connectivity index (χ2n) is 7.56. The molecule has 2 aromatic carbocycles. The number of guanidine groups is 1. The summed E-state index contributed by atoms with van der Waals surface area (Å²) in [6, 6.07) is 12.4. The lowest BCUT2D eigenvalue weighted by atomic mass is 10.2. The minimum Gasteiger partial charge on any atom is -0.481 e. The van der Waals surface area contributed by atoms with Crippen LogP contribution in [0.25, 0.3) is 0 Å². The third kappa shape index (κ3) is 11.1. The molecule has 37 heavy (non-hydrogen) atoms. The van der Waals surface area contributed by atoms with Crippen molar-refractivity contribution in [2.45, 2.75) is 19.4 Å². The lowest BCUT2D eigenvalue weighted by Crippen LogP contribution is -2.36. The van der Waals surface area contributed by atoms with Crippen LogP contribution < -0.4 is 16.2 Å². The molecule has 198 valence electrons. The van der Waals surface area contributed by atoms with Gasteiger partial charge in [-0.15, -0.1) is 0 Å². The molecule has 0 saturated heterocycles. The van der Waals surface area contributed by atoms with Crippen LogP contribution in [-0.4, -0.2) is 71.4 Å². The molecule has 0 aliphatic rings. The van der Waals surface area contributed by atoms with Gasteiger partial charge in [0.1, 0.15) is 12.4 Å². The van der Waals surface area contributed by atoms with Gasteiger partial charge in [-0.3, -0.25) is 9.59 Å². The first-order valence-corrected chi connectivity index (χ1v) is 11.1. The minimum atomic E-state index is -1.08. The van der Waals surface area contributed by atoms with Crippen molar-refractivity contribution in [3.63, 3.8) is 0 Å². The number of nitrogens with two attached hydrogens (primary N) is 2. The quantitative estimate of drug-likeness (QED) is 0.0935. The minimum absolute atomic E-state index is 0.0269. The van der Waals surface area contributed by atoms with Gasteiger partial charge in [-0.05, 0) is 42.0 Å². The fraction of sp³-hybridized carbons (Fsp3) is 0.292. The summed E-state index contributed by atoms with van der Waals surface area (Å²) in [7, 11) is 0. The highest BCUT2D eigenvalue weighted by Gasteiger charge is 2.17. The molecule has 0 aliphatic heterocycles. The Hall–Kier alpha value is -4.65. The van der Waals surface area contributed by atoms with E-state index in [2.05, 4.69) is 4.99 Å². The fourth-order valence-electron chi connectivity index (χ4n) is 2.84. The third-order valence-electron chi connectivity index (χ3n) is 4.68. The van der Waals surface area contributed by atoms with Gasteiger partial charge in [0.05, 0.1) is 37.3 Å². The van der Waals surface area contributed by atoms with Crippen molar-refractivity contribution in [1.82, 2.24) is 4.90 Å². The van der Waals surface area contributed by atoms with Crippen molar-refractivity contribution in [3.05, 3.63) is 59.7 Å². The van der Waals surface area contributed by atoms with Gasteiger partial charge in [0.2, 0.25) is 0 Å². The van der Waals surface area contributed by atoms with Gasteiger partial charge in [-0.1, -0.05) is 12.1 Å². The number of benzene rings is 2. The molecule has 0 heterocycles. The molecule has 1 amide bonds. The highest BCUT2D eigenvalue weighted by Crippen LogP contribution is 2.17. The second-order valence-corrected chi connectivity index (χ2v) is 7.56. The molecule has 0 aromatic heterocycles. The van der Waals surface area contributed by atoms with Crippen LogP contribution in [0.15, 0.2) is 53.5 Å². The molecule has 0 bridgehead atoms. The smallest absolute Gasteiger partial charge is 0.410 e. The van der Waals surface area contributed by atoms with Crippen LogP contribution >= 0.6 is 0 Å². The Kier molecular flexibility index (Phi) is 11.3. The first-order valence-electron chi connectivity index (χ1n) is 11.1. The summed E-state index contributed by atoms with van der Waals surface area (Å²) in [4.78, 5) is 51.2. The summed E-state index contributed by atoms with van der Waals surface area (Å²) in [5.41, 5.74) is 12.0. The first-order chi connectivity index (χ1) is 17.6. The molecular formula is C24H28N4O9. The molecule has 0 aliphatic carbocycles. The molecule has 2 rings (SSSR count). The number of rotatable bonds is 14. The third-order valence-corrected chi connectivity index (χ3v) is 4.68. The molecule has 13 heteroatoms. The number of aliphatic imine (C=N–C) groups is 1. The van der Waals surface area contributed by atoms with Crippen LogP contribution in [0.1, 0.15) is 28.8 Å². The first kappa shape index (κ1) is 28.6. The van der Waals surface area contributed by atoms with Gasteiger partial charge in [-0.2, -0.15) is 0 Å².